The van der Waals surface area contributed by atoms with Gasteiger partial charge in [0.2, 0.25) is 15.9 Å². The molecule has 3 unspecified atom stereocenters. The lowest BCUT2D eigenvalue weighted by Gasteiger charge is -2.32. The van der Waals surface area contributed by atoms with Crippen LogP contribution in [0, 0.1) is 5.92 Å². The number of carbonyl (C=O) groups is 1. The van der Waals surface area contributed by atoms with E-state index in [2.05, 4.69) is 15.0 Å². The minimum atomic E-state index is -3.61. The Bertz CT molecular complexity index is 981. The smallest absolute Gasteiger partial charge is 0.240 e. The van der Waals surface area contributed by atoms with Gasteiger partial charge < -0.3 is 15.8 Å². The zero-order valence-corrected chi connectivity index (χ0v) is 19.6. The molecule has 11 heteroatoms. The Balaban J connectivity index is 1.76. The number of rotatable bonds is 10. The average Bonchev–Trinajstić information content (AvgIpc) is 3.18. The second-order valence-electron chi connectivity index (χ2n) is 7.49. The van der Waals surface area contributed by atoms with E-state index < -0.39 is 21.8 Å². The number of nitrogens with zero attached hydrogens (tertiary/aromatic N) is 1. The van der Waals surface area contributed by atoms with Gasteiger partial charge in [0.25, 0.3) is 0 Å². The average molecular weight is 487 g/mol. The first-order chi connectivity index (χ1) is 14.8. The summed E-state index contributed by atoms with van der Waals surface area (Å²) in [4.78, 5) is 16.8. The van der Waals surface area contributed by atoms with E-state index in [1.165, 1.54) is 23.5 Å². The molecule has 31 heavy (non-hydrogen) atoms. The second-order valence-corrected chi connectivity index (χ2v) is 11.0. The lowest BCUT2D eigenvalue weighted by molar-refractivity contribution is -0.120. The summed E-state index contributed by atoms with van der Waals surface area (Å²) in [6, 6.07) is 6.34. The fraction of sp³-hybridized carbons (Fsp3) is 0.500. The van der Waals surface area contributed by atoms with Crippen LogP contribution in [0.15, 0.2) is 35.4 Å². The van der Waals surface area contributed by atoms with E-state index >= 15 is 0 Å². The van der Waals surface area contributed by atoms with Crippen molar-refractivity contribution in [3.63, 3.8) is 0 Å². The Hall–Kier alpha value is -1.56. The molecule has 1 aromatic heterocycles. The van der Waals surface area contributed by atoms with Gasteiger partial charge in [-0.05, 0) is 43.5 Å². The summed E-state index contributed by atoms with van der Waals surface area (Å²) >= 11 is 7.48. The molecular formula is C20H27ClN4O4S2. The van der Waals surface area contributed by atoms with E-state index in [1.807, 2.05) is 0 Å². The summed E-state index contributed by atoms with van der Waals surface area (Å²) in [6.45, 7) is 1.95. The molecule has 0 saturated carbocycles. The van der Waals surface area contributed by atoms with Crippen LogP contribution in [0.2, 0.25) is 4.34 Å². The summed E-state index contributed by atoms with van der Waals surface area (Å²) < 4.78 is 33.5. The third kappa shape index (κ3) is 6.24. The summed E-state index contributed by atoms with van der Waals surface area (Å²) in [5.74, 6) is -0.774. The Morgan fingerprint density at radius 3 is 2.71 bits per heavy atom. The highest BCUT2D eigenvalue weighted by Gasteiger charge is 2.33. The maximum atomic E-state index is 12.4. The van der Waals surface area contributed by atoms with Gasteiger partial charge >= 0.3 is 0 Å². The monoisotopic (exact) mass is 486 g/mol. The fourth-order valence-electron chi connectivity index (χ4n) is 3.77. The van der Waals surface area contributed by atoms with Crippen LogP contribution in [0.1, 0.15) is 35.2 Å². The van der Waals surface area contributed by atoms with Crippen molar-refractivity contribution in [2.75, 3.05) is 33.4 Å². The van der Waals surface area contributed by atoms with Crippen LogP contribution >= 0.6 is 22.9 Å². The Morgan fingerprint density at radius 1 is 1.35 bits per heavy atom. The highest BCUT2D eigenvalue weighted by atomic mass is 35.5. The van der Waals surface area contributed by atoms with Crippen molar-refractivity contribution in [1.29, 1.82) is 0 Å². The molecule has 170 valence electrons. The van der Waals surface area contributed by atoms with Crippen molar-refractivity contribution in [2.24, 2.45) is 11.7 Å². The molecule has 8 nitrogen and oxygen atoms in total. The first-order valence-corrected chi connectivity index (χ1v) is 12.7. The molecular weight excluding hydrogens is 460 g/mol. The quantitative estimate of drug-likeness (QED) is 0.442. The summed E-state index contributed by atoms with van der Waals surface area (Å²) in [5, 5.41) is 3.78. The van der Waals surface area contributed by atoms with Crippen molar-refractivity contribution in [3.8, 4) is 0 Å². The third-order valence-electron chi connectivity index (χ3n) is 5.45. The zero-order chi connectivity index (χ0) is 22.4. The van der Waals surface area contributed by atoms with Crippen LogP contribution in [-0.4, -0.2) is 52.7 Å². The van der Waals surface area contributed by atoms with Crippen LogP contribution in [0.25, 0.3) is 0 Å². The molecule has 0 bridgehead atoms. The van der Waals surface area contributed by atoms with Crippen LogP contribution in [0.3, 0.4) is 0 Å². The molecule has 3 rings (SSSR count). The van der Waals surface area contributed by atoms with Crippen molar-refractivity contribution >= 4 is 38.9 Å². The van der Waals surface area contributed by atoms with Gasteiger partial charge in [0.15, 0.2) is 0 Å². The Morgan fingerprint density at radius 2 is 2.10 bits per heavy atom. The van der Waals surface area contributed by atoms with Crippen LogP contribution in [-0.2, 0) is 19.6 Å². The number of hydrogen-bond donors (Lipinski definition) is 3. The number of carbonyl (C=O) groups excluding carboxylic acids is 1. The summed E-state index contributed by atoms with van der Waals surface area (Å²) in [7, 11) is -1.86. The number of hydrogen-bond acceptors (Lipinski definition) is 7. The van der Waals surface area contributed by atoms with Gasteiger partial charge in [0.05, 0.1) is 28.6 Å². The normalized spacial score (nSPS) is 20.5. The van der Waals surface area contributed by atoms with Crippen molar-refractivity contribution in [1.82, 2.24) is 15.0 Å². The molecule has 1 aromatic carbocycles. The molecule has 4 N–H and O–H groups in total. The Labute approximate surface area is 191 Å². The number of halogens is 1. The highest BCUT2D eigenvalue weighted by Crippen LogP contribution is 2.40. The predicted molar refractivity (Wildman–Crippen MR) is 121 cm³/mol. The van der Waals surface area contributed by atoms with Gasteiger partial charge in [-0.3, -0.25) is 4.79 Å². The highest BCUT2D eigenvalue weighted by molar-refractivity contribution is 7.89. The maximum Gasteiger partial charge on any atom is 0.240 e. The first kappa shape index (κ1) is 24.1. The topological polar surface area (TPSA) is 123 Å². The maximum absolute atomic E-state index is 12.4. The first-order valence-electron chi connectivity index (χ1n) is 10.0. The number of nitrogens with two attached hydrogens (primary N) is 1. The van der Waals surface area contributed by atoms with Gasteiger partial charge in [0.1, 0.15) is 4.34 Å². The van der Waals surface area contributed by atoms with E-state index in [4.69, 9.17) is 22.1 Å². The number of ether oxygens (including phenoxy) is 1. The number of aromatic nitrogens is 1. The van der Waals surface area contributed by atoms with Gasteiger partial charge in [-0.1, -0.05) is 23.7 Å². The molecule has 2 aromatic rings. The standard InChI is InChI=1S/C20H27ClN4O4S2/c1-23-7-8-25-31(27,28)15-4-2-13(3-5-15)16(19(22)26)10-14-6-9-29-12-17(14)20-24-11-18(21)30-20/h2-5,11,14,16-17,23,25H,6-10,12H2,1H3,(H2,22,26). The number of primary amides is 1. The molecule has 1 aliphatic rings. The minimum Gasteiger partial charge on any atom is -0.381 e. The zero-order valence-electron chi connectivity index (χ0n) is 17.2. The van der Waals surface area contributed by atoms with E-state index in [-0.39, 0.29) is 23.3 Å². The van der Waals surface area contributed by atoms with Gasteiger partial charge in [-0.25, -0.2) is 18.1 Å². The number of benzene rings is 1. The SMILES string of the molecule is CNCCNS(=O)(=O)c1ccc(C(CC2CCOCC2c2ncc(Cl)s2)C(N)=O)cc1. The van der Waals surface area contributed by atoms with E-state index in [0.29, 0.717) is 36.1 Å². The van der Waals surface area contributed by atoms with Gasteiger partial charge in [-0.2, -0.15) is 0 Å². The molecule has 1 aliphatic heterocycles. The second kappa shape index (κ2) is 10.8. The number of likely N-dealkylation sites (N-methyl/N-ethyl adjacent to an activating group) is 1. The van der Waals surface area contributed by atoms with Crippen molar-refractivity contribution in [3.05, 3.63) is 45.4 Å². The van der Waals surface area contributed by atoms with Crippen LogP contribution in [0.4, 0.5) is 0 Å². The molecule has 0 aliphatic carbocycles. The lowest BCUT2D eigenvalue weighted by Crippen LogP contribution is -2.31. The molecule has 1 fully saturated rings. The van der Waals surface area contributed by atoms with E-state index in [1.54, 1.807) is 25.4 Å². The largest absolute Gasteiger partial charge is 0.381 e. The molecule has 0 radical (unpaired) electrons. The number of thiazole rings is 1. The van der Waals surface area contributed by atoms with E-state index in [0.717, 1.165) is 11.4 Å². The number of nitrogens with one attached hydrogen (secondary N) is 2. The third-order valence-corrected chi connectivity index (χ3v) is 8.18. The number of amides is 1. The fourth-order valence-corrected chi connectivity index (χ4v) is 5.91. The van der Waals surface area contributed by atoms with Gasteiger partial charge in [0, 0.05) is 25.6 Å². The van der Waals surface area contributed by atoms with E-state index in [9.17, 15) is 13.2 Å². The summed E-state index contributed by atoms with van der Waals surface area (Å²) in [6.07, 6.45) is 2.95. The minimum absolute atomic E-state index is 0.0455. The Kier molecular flexibility index (Phi) is 8.43. The molecule has 2 heterocycles. The van der Waals surface area contributed by atoms with Crippen LogP contribution < -0.4 is 15.8 Å². The molecule has 3 atom stereocenters. The molecule has 0 spiro atoms. The summed E-state index contributed by atoms with van der Waals surface area (Å²) in [5.41, 5.74) is 6.44. The lowest BCUT2D eigenvalue weighted by atomic mass is 9.79. The van der Waals surface area contributed by atoms with Crippen molar-refractivity contribution in [2.45, 2.75) is 29.6 Å². The van der Waals surface area contributed by atoms with Crippen LogP contribution in [0.5, 0.6) is 0 Å². The molecule has 1 amide bonds. The predicted octanol–water partition coefficient (Wildman–Crippen LogP) is 2.07. The molecule has 1 saturated heterocycles. The van der Waals surface area contributed by atoms with Gasteiger partial charge in [-0.15, -0.1) is 11.3 Å². The number of sulfonamides is 1. The van der Waals surface area contributed by atoms with Crippen molar-refractivity contribution < 1.29 is 17.9 Å².